The first-order valence-corrected chi connectivity index (χ1v) is 13.9. The van der Waals surface area contributed by atoms with Crippen molar-refractivity contribution in [3.63, 3.8) is 0 Å². The monoisotopic (exact) mass is 539 g/mol. The van der Waals surface area contributed by atoms with E-state index < -0.39 is 27.7 Å². The number of amides is 2. The summed E-state index contributed by atoms with van der Waals surface area (Å²) < 4.78 is 57.8. The molecule has 0 aliphatic carbocycles. The van der Waals surface area contributed by atoms with Gasteiger partial charge in [0.25, 0.3) is 0 Å². The number of benzene rings is 2. The lowest BCUT2D eigenvalue weighted by atomic mass is 10.1. The summed E-state index contributed by atoms with van der Waals surface area (Å²) in [7, 11) is -2.28. The smallest absolute Gasteiger partial charge is 0.242 e. The van der Waals surface area contributed by atoms with Crippen molar-refractivity contribution in [2.75, 3.05) is 24.2 Å². The molecule has 2 aromatic carbocycles. The normalized spacial score (nSPS) is 12.9. The van der Waals surface area contributed by atoms with Crippen LogP contribution in [0.15, 0.2) is 42.5 Å². The van der Waals surface area contributed by atoms with Gasteiger partial charge in [-0.2, -0.15) is 0 Å². The molecule has 0 aliphatic rings. The van der Waals surface area contributed by atoms with E-state index in [4.69, 9.17) is 4.74 Å². The first-order valence-electron chi connectivity index (χ1n) is 12.0. The Morgan fingerprint density at radius 1 is 1.05 bits per heavy atom. The fourth-order valence-corrected chi connectivity index (χ4v) is 4.58. The van der Waals surface area contributed by atoms with Crippen LogP contribution in [0.2, 0.25) is 0 Å². The topological polar surface area (TPSA) is 96.0 Å². The maximum atomic E-state index is 13.7. The summed E-state index contributed by atoms with van der Waals surface area (Å²) in [6.07, 6.45) is 1.72. The summed E-state index contributed by atoms with van der Waals surface area (Å²) in [5.74, 6) is -2.25. The number of hydrogen-bond acceptors (Lipinski definition) is 5. The largest absolute Gasteiger partial charge is 0.497 e. The van der Waals surface area contributed by atoms with Gasteiger partial charge >= 0.3 is 0 Å². The second kappa shape index (κ2) is 13.4. The summed E-state index contributed by atoms with van der Waals surface area (Å²) in [5.41, 5.74) is 0.752. The highest BCUT2D eigenvalue weighted by atomic mass is 32.2. The molecule has 0 aromatic heterocycles. The molecule has 0 bridgehead atoms. The molecule has 37 heavy (non-hydrogen) atoms. The van der Waals surface area contributed by atoms with Gasteiger partial charge in [-0.05, 0) is 56.5 Å². The van der Waals surface area contributed by atoms with Crippen molar-refractivity contribution in [2.45, 2.75) is 58.7 Å². The Balaban J connectivity index is 2.19. The summed E-state index contributed by atoms with van der Waals surface area (Å²) in [4.78, 5) is 27.6. The van der Waals surface area contributed by atoms with Crippen molar-refractivity contribution in [3.8, 4) is 5.75 Å². The zero-order valence-corrected chi connectivity index (χ0v) is 22.6. The molecule has 0 spiro atoms. The Labute approximate surface area is 217 Å². The van der Waals surface area contributed by atoms with E-state index in [1.54, 1.807) is 38.3 Å². The number of nitrogens with one attached hydrogen (secondary N) is 1. The number of anilines is 1. The molecule has 1 N–H and O–H groups in total. The number of nitrogens with zero attached hydrogens (tertiary/aromatic N) is 2. The molecule has 0 fully saturated rings. The van der Waals surface area contributed by atoms with Gasteiger partial charge in [0.05, 0.1) is 19.1 Å². The zero-order chi connectivity index (χ0) is 27.8. The molecule has 2 aromatic rings. The van der Waals surface area contributed by atoms with E-state index in [1.807, 2.05) is 13.8 Å². The highest BCUT2D eigenvalue weighted by Crippen LogP contribution is 2.22. The SMILES string of the molecule is CC[C@@H](C)NC(=O)[C@H](C)N(Cc1ccc(OC)cc1)C(=O)CCCN(c1ccc(F)c(F)c1)S(C)(=O)=O. The van der Waals surface area contributed by atoms with E-state index in [0.717, 1.165) is 34.7 Å². The number of carbonyl (C=O) groups excluding carboxylic acids is 2. The summed E-state index contributed by atoms with van der Waals surface area (Å²) in [6, 6.07) is 9.09. The zero-order valence-electron chi connectivity index (χ0n) is 21.8. The third-order valence-corrected chi connectivity index (χ3v) is 7.22. The fraction of sp³-hybridized carbons (Fsp3) is 0.462. The minimum Gasteiger partial charge on any atom is -0.497 e. The van der Waals surface area contributed by atoms with Gasteiger partial charge in [-0.15, -0.1) is 0 Å². The first-order chi connectivity index (χ1) is 17.4. The van der Waals surface area contributed by atoms with Gasteiger partial charge in [0.1, 0.15) is 11.8 Å². The molecule has 0 saturated carbocycles. The molecule has 8 nitrogen and oxygen atoms in total. The van der Waals surface area contributed by atoms with E-state index in [9.17, 15) is 26.8 Å². The van der Waals surface area contributed by atoms with Crippen LogP contribution < -0.4 is 14.4 Å². The van der Waals surface area contributed by atoms with Crippen molar-refractivity contribution < 1.29 is 31.5 Å². The molecule has 0 radical (unpaired) electrons. The Hall–Kier alpha value is -3.21. The molecule has 0 unspecified atom stereocenters. The summed E-state index contributed by atoms with van der Waals surface area (Å²) in [5, 5.41) is 2.89. The van der Waals surface area contributed by atoms with Crippen molar-refractivity contribution in [2.24, 2.45) is 0 Å². The highest BCUT2D eigenvalue weighted by molar-refractivity contribution is 7.92. The van der Waals surface area contributed by atoms with Crippen LogP contribution in [0.1, 0.15) is 45.6 Å². The molecule has 0 heterocycles. The number of hydrogen-bond donors (Lipinski definition) is 1. The summed E-state index contributed by atoms with van der Waals surface area (Å²) >= 11 is 0. The van der Waals surface area contributed by atoms with Crippen LogP contribution >= 0.6 is 0 Å². The minimum atomic E-state index is -3.82. The maximum absolute atomic E-state index is 13.7. The lowest BCUT2D eigenvalue weighted by molar-refractivity contribution is -0.140. The van der Waals surface area contributed by atoms with Crippen LogP contribution in [-0.4, -0.2) is 57.1 Å². The van der Waals surface area contributed by atoms with Crippen molar-refractivity contribution >= 4 is 27.5 Å². The van der Waals surface area contributed by atoms with Gasteiger partial charge in [-0.3, -0.25) is 13.9 Å². The van der Waals surface area contributed by atoms with Crippen molar-refractivity contribution in [1.82, 2.24) is 10.2 Å². The second-order valence-corrected chi connectivity index (χ2v) is 10.8. The molecule has 204 valence electrons. The predicted octanol–water partition coefficient (Wildman–Crippen LogP) is 3.85. The van der Waals surface area contributed by atoms with Crippen LogP contribution in [0.5, 0.6) is 5.75 Å². The van der Waals surface area contributed by atoms with Crippen LogP contribution in [0, 0.1) is 11.6 Å². The Kier molecular flexibility index (Phi) is 10.8. The Bertz CT molecular complexity index is 1180. The molecule has 0 saturated heterocycles. The molecule has 2 rings (SSSR count). The Morgan fingerprint density at radius 2 is 1.70 bits per heavy atom. The van der Waals surface area contributed by atoms with E-state index in [0.29, 0.717) is 5.75 Å². The quantitative estimate of drug-likeness (QED) is 0.417. The van der Waals surface area contributed by atoms with Crippen LogP contribution in [0.4, 0.5) is 14.5 Å². The van der Waals surface area contributed by atoms with E-state index in [-0.39, 0.29) is 49.5 Å². The molecular formula is C26H35F2N3O5S. The van der Waals surface area contributed by atoms with E-state index in [1.165, 1.54) is 11.0 Å². The van der Waals surface area contributed by atoms with E-state index in [2.05, 4.69) is 5.32 Å². The first kappa shape index (κ1) is 30.0. The minimum absolute atomic E-state index is 0.0368. The third-order valence-electron chi connectivity index (χ3n) is 6.02. The number of methoxy groups -OCH3 is 1. The molecule has 0 aliphatic heterocycles. The molecule has 2 atom stereocenters. The standard InChI is InChI=1S/C26H35F2N3O5S/c1-6-18(2)29-26(33)19(3)30(17-20-9-12-22(36-4)13-10-20)25(32)8-7-15-31(37(5,34)35)21-11-14-23(27)24(28)16-21/h9-14,16,18-19H,6-8,15,17H2,1-5H3,(H,29,33)/t18-,19+/m1/s1. The van der Waals surface area contributed by atoms with Gasteiger partial charge in [0.2, 0.25) is 21.8 Å². The Morgan fingerprint density at radius 3 is 2.24 bits per heavy atom. The van der Waals surface area contributed by atoms with Crippen molar-refractivity contribution in [3.05, 3.63) is 59.7 Å². The highest BCUT2D eigenvalue weighted by Gasteiger charge is 2.27. The number of rotatable bonds is 13. The second-order valence-electron chi connectivity index (χ2n) is 8.90. The van der Waals surface area contributed by atoms with Gasteiger partial charge in [-0.1, -0.05) is 19.1 Å². The maximum Gasteiger partial charge on any atom is 0.242 e. The molecule has 11 heteroatoms. The van der Waals surface area contributed by atoms with E-state index >= 15 is 0 Å². The van der Waals surface area contributed by atoms with Crippen LogP contribution in [-0.2, 0) is 26.2 Å². The average Bonchev–Trinajstić information content (AvgIpc) is 2.85. The third kappa shape index (κ3) is 8.70. The van der Waals surface area contributed by atoms with Gasteiger partial charge in [0, 0.05) is 31.6 Å². The number of halogens is 2. The van der Waals surface area contributed by atoms with Crippen molar-refractivity contribution in [1.29, 1.82) is 0 Å². The van der Waals surface area contributed by atoms with Crippen LogP contribution in [0.3, 0.4) is 0 Å². The number of carbonyl (C=O) groups is 2. The average molecular weight is 540 g/mol. The van der Waals surface area contributed by atoms with Gasteiger partial charge in [-0.25, -0.2) is 17.2 Å². The molecular weight excluding hydrogens is 504 g/mol. The fourth-order valence-electron chi connectivity index (χ4n) is 3.62. The van der Waals surface area contributed by atoms with Gasteiger partial charge < -0.3 is 15.0 Å². The lowest BCUT2D eigenvalue weighted by Crippen LogP contribution is -2.49. The lowest BCUT2D eigenvalue weighted by Gasteiger charge is -2.30. The van der Waals surface area contributed by atoms with Gasteiger partial charge in [0.15, 0.2) is 11.6 Å². The number of ether oxygens (including phenoxy) is 1. The van der Waals surface area contributed by atoms with Crippen LogP contribution in [0.25, 0.3) is 0 Å². The summed E-state index contributed by atoms with van der Waals surface area (Å²) in [6.45, 7) is 5.49. The molecule has 2 amide bonds. The number of sulfonamides is 1. The predicted molar refractivity (Wildman–Crippen MR) is 139 cm³/mol.